The van der Waals surface area contributed by atoms with Gasteiger partial charge in [-0.2, -0.15) is 0 Å². The average molecular weight is 291 g/mol. The third kappa shape index (κ3) is 1.38. The summed E-state index contributed by atoms with van der Waals surface area (Å²) in [5.74, 6) is 1.70. The highest BCUT2D eigenvalue weighted by atomic mass is 127. The van der Waals surface area contributed by atoms with Crippen LogP contribution in [0, 0.1) is 3.57 Å². The highest BCUT2D eigenvalue weighted by molar-refractivity contribution is 14.1. The number of rotatable bonds is 1. The van der Waals surface area contributed by atoms with Crippen LogP contribution in [-0.2, 0) is 0 Å². The van der Waals surface area contributed by atoms with Crippen LogP contribution in [0.4, 0.5) is 0 Å². The lowest BCUT2D eigenvalue weighted by Gasteiger charge is -2.09. The summed E-state index contributed by atoms with van der Waals surface area (Å²) >= 11 is 2.23. The second-order valence-electron chi connectivity index (χ2n) is 2.91. The van der Waals surface area contributed by atoms with Gasteiger partial charge in [-0.05, 0) is 34.7 Å². The molecule has 1 heterocycles. The Morgan fingerprint density at radius 2 is 2.38 bits per heavy atom. The molecule has 0 saturated heterocycles. The van der Waals surface area contributed by atoms with Gasteiger partial charge in [0.05, 0.1) is 22.3 Å². The number of fused-ring (bicyclic) bond motifs is 1. The molecular weight excluding hydrogens is 281 g/mol. The van der Waals surface area contributed by atoms with Gasteiger partial charge in [-0.3, -0.25) is 0 Å². The SMILES string of the molecule is COc1c(I)ccc2c1C(N)CO2. The molecule has 0 aromatic heterocycles. The van der Waals surface area contributed by atoms with Gasteiger partial charge in [-0.15, -0.1) is 0 Å². The van der Waals surface area contributed by atoms with Crippen LogP contribution < -0.4 is 15.2 Å². The molecule has 1 aromatic rings. The van der Waals surface area contributed by atoms with Crippen molar-refractivity contribution >= 4 is 22.6 Å². The van der Waals surface area contributed by atoms with Gasteiger partial charge in [0.25, 0.3) is 0 Å². The smallest absolute Gasteiger partial charge is 0.140 e. The average Bonchev–Trinajstić information content (AvgIpc) is 2.49. The van der Waals surface area contributed by atoms with Gasteiger partial charge in [0.2, 0.25) is 0 Å². The zero-order valence-electron chi connectivity index (χ0n) is 7.21. The Kier molecular flexibility index (Phi) is 2.33. The minimum Gasteiger partial charge on any atom is -0.495 e. The molecule has 0 fully saturated rings. The molecule has 0 aliphatic carbocycles. The van der Waals surface area contributed by atoms with Gasteiger partial charge < -0.3 is 15.2 Å². The summed E-state index contributed by atoms with van der Waals surface area (Å²) in [6, 6.07) is 3.85. The van der Waals surface area contributed by atoms with Crippen LogP contribution in [0.15, 0.2) is 12.1 Å². The highest BCUT2D eigenvalue weighted by Gasteiger charge is 2.26. The minimum atomic E-state index is -0.0559. The molecule has 1 aromatic carbocycles. The lowest BCUT2D eigenvalue weighted by atomic mass is 10.1. The maximum absolute atomic E-state index is 5.88. The molecular formula is C9H10INO2. The zero-order chi connectivity index (χ0) is 9.42. The maximum atomic E-state index is 5.88. The van der Waals surface area contributed by atoms with Gasteiger partial charge in [0.1, 0.15) is 18.1 Å². The van der Waals surface area contributed by atoms with E-state index in [4.69, 9.17) is 15.2 Å². The van der Waals surface area contributed by atoms with Crippen molar-refractivity contribution in [2.45, 2.75) is 6.04 Å². The molecule has 2 rings (SSSR count). The van der Waals surface area contributed by atoms with Crippen molar-refractivity contribution in [2.75, 3.05) is 13.7 Å². The number of ether oxygens (including phenoxy) is 2. The fraction of sp³-hybridized carbons (Fsp3) is 0.333. The Labute approximate surface area is 90.3 Å². The summed E-state index contributed by atoms with van der Waals surface area (Å²) in [5.41, 5.74) is 6.88. The maximum Gasteiger partial charge on any atom is 0.140 e. The number of hydrogen-bond acceptors (Lipinski definition) is 3. The largest absolute Gasteiger partial charge is 0.495 e. The third-order valence-electron chi connectivity index (χ3n) is 2.10. The number of methoxy groups -OCH3 is 1. The van der Waals surface area contributed by atoms with Crippen molar-refractivity contribution in [1.82, 2.24) is 0 Å². The molecule has 0 amide bonds. The number of hydrogen-bond donors (Lipinski definition) is 1. The van der Waals surface area contributed by atoms with Gasteiger partial charge >= 0.3 is 0 Å². The van der Waals surface area contributed by atoms with Gasteiger partial charge in [-0.25, -0.2) is 0 Å². The van der Waals surface area contributed by atoms with E-state index < -0.39 is 0 Å². The van der Waals surface area contributed by atoms with Gasteiger partial charge in [0, 0.05) is 0 Å². The van der Waals surface area contributed by atoms with Crippen molar-refractivity contribution < 1.29 is 9.47 Å². The van der Waals surface area contributed by atoms with Crippen LogP contribution in [0.3, 0.4) is 0 Å². The highest BCUT2D eigenvalue weighted by Crippen LogP contribution is 2.40. The van der Waals surface area contributed by atoms with E-state index in [0.717, 1.165) is 20.6 Å². The first-order chi connectivity index (χ1) is 6.24. The van der Waals surface area contributed by atoms with Crippen LogP contribution in [0.25, 0.3) is 0 Å². The zero-order valence-corrected chi connectivity index (χ0v) is 9.37. The Morgan fingerprint density at radius 3 is 3.08 bits per heavy atom. The molecule has 3 nitrogen and oxygen atoms in total. The van der Waals surface area contributed by atoms with Gasteiger partial charge in [-0.1, -0.05) is 0 Å². The molecule has 0 spiro atoms. The molecule has 1 unspecified atom stereocenters. The molecule has 1 atom stereocenters. The van der Waals surface area contributed by atoms with Crippen LogP contribution in [0.5, 0.6) is 11.5 Å². The minimum absolute atomic E-state index is 0.0559. The monoisotopic (exact) mass is 291 g/mol. The fourth-order valence-electron chi connectivity index (χ4n) is 1.50. The molecule has 0 saturated carbocycles. The predicted molar refractivity (Wildman–Crippen MR) is 58.1 cm³/mol. The molecule has 1 aliphatic heterocycles. The standard InChI is InChI=1S/C9H10INO2/c1-12-9-5(10)2-3-7-8(9)6(11)4-13-7/h2-3,6H,4,11H2,1H3. The molecule has 70 valence electrons. The van der Waals surface area contributed by atoms with Crippen molar-refractivity contribution in [2.24, 2.45) is 5.73 Å². The van der Waals surface area contributed by atoms with E-state index in [0.29, 0.717) is 6.61 Å². The molecule has 13 heavy (non-hydrogen) atoms. The van der Waals surface area contributed by atoms with Crippen molar-refractivity contribution in [3.63, 3.8) is 0 Å². The van der Waals surface area contributed by atoms with E-state index in [9.17, 15) is 0 Å². The molecule has 2 N–H and O–H groups in total. The quantitative estimate of drug-likeness (QED) is 0.801. The van der Waals surface area contributed by atoms with E-state index in [2.05, 4.69) is 22.6 Å². The topological polar surface area (TPSA) is 44.5 Å². The van der Waals surface area contributed by atoms with Crippen molar-refractivity contribution in [1.29, 1.82) is 0 Å². The lowest BCUT2D eigenvalue weighted by Crippen LogP contribution is -2.12. The second kappa shape index (κ2) is 3.34. The fourth-order valence-corrected chi connectivity index (χ4v) is 2.19. The van der Waals surface area contributed by atoms with Crippen LogP contribution >= 0.6 is 22.6 Å². The lowest BCUT2D eigenvalue weighted by molar-refractivity contribution is 0.333. The van der Waals surface area contributed by atoms with Crippen LogP contribution in [-0.4, -0.2) is 13.7 Å². The third-order valence-corrected chi connectivity index (χ3v) is 2.95. The summed E-state index contributed by atoms with van der Waals surface area (Å²) < 4.78 is 11.8. The number of nitrogens with two attached hydrogens (primary N) is 1. The van der Waals surface area contributed by atoms with Crippen molar-refractivity contribution in [3.8, 4) is 11.5 Å². The Balaban J connectivity index is 2.60. The summed E-state index contributed by atoms with van der Waals surface area (Å²) in [6.07, 6.45) is 0. The normalized spacial score (nSPS) is 19.5. The molecule has 0 bridgehead atoms. The van der Waals surface area contributed by atoms with E-state index in [-0.39, 0.29) is 6.04 Å². The summed E-state index contributed by atoms with van der Waals surface area (Å²) in [6.45, 7) is 0.547. The molecule has 0 radical (unpaired) electrons. The first-order valence-corrected chi connectivity index (χ1v) is 5.06. The first kappa shape index (κ1) is 9.08. The van der Waals surface area contributed by atoms with Crippen LogP contribution in [0.1, 0.15) is 11.6 Å². The van der Waals surface area contributed by atoms with E-state index in [1.807, 2.05) is 12.1 Å². The predicted octanol–water partition coefficient (Wildman–Crippen LogP) is 1.69. The Hall–Kier alpha value is -0.490. The van der Waals surface area contributed by atoms with E-state index in [1.165, 1.54) is 0 Å². The van der Waals surface area contributed by atoms with E-state index in [1.54, 1.807) is 7.11 Å². The second-order valence-corrected chi connectivity index (χ2v) is 4.07. The summed E-state index contributed by atoms with van der Waals surface area (Å²) in [4.78, 5) is 0. The Bertz CT molecular complexity index is 341. The number of benzene rings is 1. The number of halogens is 1. The van der Waals surface area contributed by atoms with Crippen molar-refractivity contribution in [3.05, 3.63) is 21.3 Å². The molecule has 4 heteroatoms. The summed E-state index contributed by atoms with van der Waals surface area (Å²) in [5, 5.41) is 0. The first-order valence-electron chi connectivity index (χ1n) is 3.99. The molecule has 1 aliphatic rings. The van der Waals surface area contributed by atoms with Crippen LogP contribution in [0.2, 0.25) is 0 Å². The van der Waals surface area contributed by atoms with Gasteiger partial charge in [0.15, 0.2) is 0 Å². The Morgan fingerprint density at radius 1 is 1.62 bits per heavy atom. The van der Waals surface area contributed by atoms with E-state index >= 15 is 0 Å². The summed E-state index contributed by atoms with van der Waals surface area (Å²) in [7, 11) is 1.66.